The van der Waals surface area contributed by atoms with Gasteiger partial charge in [-0.15, -0.1) is 0 Å². The van der Waals surface area contributed by atoms with Gasteiger partial charge < -0.3 is 4.90 Å². The van der Waals surface area contributed by atoms with Crippen LogP contribution in [0.15, 0.2) is 0 Å². The molecule has 1 fully saturated rings. The number of nitrogens with one attached hydrogen (secondary N) is 1. The van der Waals surface area contributed by atoms with E-state index in [1.165, 1.54) is 11.5 Å². The van der Waals surface area contributed by atoms with E-state index in [0.717, 1.165) is 18.7 Å². The van der Waals surface area contributed by atoms with Crippen LogP contribution in [0, 0.1) is 0 Å². The Morgan fingerprint density at radius 1 is 1.38 bits per heavy atom. The first kappa shape index (κ1) is 16.4. The van der Waals surface area contributed by atoms with Gasteiger partial charge >= 0.3 is 6.03 Å². The summed E-state index contributed by atoms with van der Waals surface area (Å²) in [4.78, 5) is 18.3. The number of carbonyl (C=O) groups is 1. The zero-order valence-electron chi connectivity index (χ0n) is 12.9. The molecular weight excluding hydrogens is 308 g/mol. The summed E-state index contributed by atoms with van der Waals surface area (Å²) < 4.78 is 15.6. The van der Waals surface area contributed by atoms with Gasteiger partial charge in [0.15, 0.2) is 0 Å². The van der Waals surface area contributed by atoms with Crippen molar-refractivity contribution in [1.29, 1.82) is 0 Å². The van der Waals surface area contributed by atoms with Crippen LogP contribution in [0.25, 0.3) is 0 Å². The van der Waals surface area contributed by atoms with Crippen molar-refractivity contribution in [1.82, 2.24) is 14.3 Å². The Balaban J connectivity index is 1.94. The Hall–Kier alpha value is -1.02. The van der Waals surface area contributed by atoms with E-state index in [9.17, 15) is 9.00 Å². The summed E-state index contributed by atoms with van der Waals surface area (Å²) in [5.41, 5.74) is -0.126. The first-order valence-corrected chi connectivity index (χ1v) is 9.26. The van der Waals surface area contributed by atoms with E-state index in [-0.39, 0.29) is 17.5 Å². The van der Waals surface area contributed by atoms with Crippen LogP contribution in [0.1, 0.15) is 39.4 Å². The fourth-order valence-electron chi connectivity index (χ4n) is 2.09. The lowest BCUT2D eigenvalue weighted by atomic mass is 9.96. The summed E-state index contributed by atoms with van der Waals surface area (Å²) in [5, 5.41) is 3.32. The lowest BCUT2D eigenvalue weighted by molar-refractivity contribution is 0.199. The number of rotatable bonds is 2. The maximum Gasteiger partial charge on any atom is 0.323 e. The Morgan fingerprint density at radius 3 is 2.52 bits per heavy atom. The number of anilines is 1. The van der Waals surface area contributed by atoms with E-state index in [2.05, 4.69) is 14.7 Å². The number of hydrogen-bond acceptors (Lipinski definition) is 5. The lowest BCUT2D eigenvalue weighted by Crippen LogP contribution is -2.43. The lowest BCUT2D eigenvalue weighted by Gasteiger charge is -2.30. The van der Waals surface area contributed by atoms with Crippen molar-refractivity contribution in [2.24, 2.45) is 0 Å². The van der Waals surface area contributed by atoms with Gasteiger partial charge in [-0.05, 0) is 12.8 Å². The van der Waals surface area contributed by atoms with Gasteiger partial charge in [0.25, 0.3) is 0 Å². The van der Waals surface area contributed by atoms with Gasteiger partial charge in [-0.2, -0.15) is 4.37 Å². The van der Waals surface area contributed by atoms with Crippen molar-refractivity contribution in [2.75, 3.05) is 23.9 Å². The van der Waals surface area contributed by atoms with Gasteiger partial charge in [0.1, 0.15) is 5.82 Å². The summed E-state index contributed by atoms with van der Waals surface area (Å²) >= 11 is 1.20. The molecule has 6 nitrogen and oxygen atoms in total. The predicted molar refractivity (Wildman–Crippen MR) is 86.3 cm³/mol. The molecule has 1 aromatic heterocycles. The van der Waals surface area contributed by atoms with Gasteiger partial charge in [-0.1, -0.05) is 20.8 Å². The van der Waals surface area contributed by atoms with E-state index in [1.807, 2.05) is 20.8 Å². The highest BCUT2D eigenvalue weighted by molar-refractivity contribution is 7.85. The zero-order valence-corrected chi connectivity index (χ0v) is 14.5. The molecule has 0 bridgehead atoms. The minimum atomic E-state index is -0.714. The highest BCUT2D eigenvalue weighted by atomic mass is 32.2. The van der Waals surface area contributed by atoms with Gasteiger partial charge in [0.2, 0.25) is 5.13 Å². The number of nitrogens with zero attached hydrogens (tertiary/aromatic N) is 3. The third-order valence-corrected chi connectivity index (χ3v) is 5.55. The second-order valence-corrected chi connectivity index (χ2v) is 8.74. The average Bonchev–Trinajstić information content (AvgIpc) is 2.87. The molecule has 1 saturated heterocycles. The Morgan fingerprint density at radius 2 is 2.00 bits per heavy atom. The molecule has 0 atom stereocenters. The van der Waals surface area contributed by atoms with Crippen LogP contribution >= 0.6 is 11.5 Å². The molecule has 1 aliphatic rings. The number of amides is 2. The summed E-state index contributed by atoms with van der Waals surface area (Å²) in [6.07, 6.45) is 1.58. The van der Waals surface area contributed by atoms with E-state index in [1.54, 1.807) is 11.9 Å². The number of aromatic nitrogens is 2. The molecule has 1 aromatic rings. The molecule has 0 unspecified atom stereocenters. The maximum atomic E-state index is 12.2. The smallest absolute Gasteiger partial charge is 0.323 e. The van der Waals surface area contributed by atoms with Gasteiger partial charge in [0, 0.05) is 52.3 Å². The standard InChI is InChI=1S/C13H22N4O2S2/c1-13(2,3)10-14-11(20-16-10)15-12(18)17(4)9-5-7-21(19)8-6-9/h9H,5-8H2,1-4H3,(H,14,15,16,18). The van der Waals surface area contributed by atoms with Crippen LogP contribution in [0.2, 0.25) is 0 Å². The van der Waals surface area contributed by atoms with Crippen LogP contribution in [-0.2, 0) is 16.2 Å². The number of urea groups is 1. The zero-order chi connectivity index (χ0) is 15.6. The van der Waals surface area contributed by atoms with Crippen LogP contribution in [0.3, 0.4) is 0 Å². The number of carbonyl (C=O) groups excluding carboxylic acids is 1. The second kappa shape index (κ2) is 6.39. The minimum Gasteiger partial charge on any atom is -0.324 e. The summed E-state index contributed by atoms with van der Waals surface area (Å²) in [7, 11) is 1.06. The molecule has 2 rings (SSSR count). The predicted octanol–water partition coefficient (Wildman–Crippen LogP) is 2.21. The van der Waals surface area contributed by atoms with Crippen molar-refractivity contribution in [3.05, 3.63) is 5.82 Å². The summed E-state index contributed by atoms with van der Waals surface area (Å²) in [6, 6.07) is -0.0259. The molecule has 0 aliphatic carbocycles. The maximum absolute atomic E-state index is 12.2. The highest BCUT2D eigenvalue weighted by Crippen LogP contribution is 2.23. The quantitative estimate of drug-likeness (QED) is 0.902. The molecule has 0 radical (unpaired) electrons. The fraction of sp³-hybridized carbons (Fsp3) is 0.769. The van der Waals surface area contributed by atoms with Crippen LogP contribution in [0.4, 0.5) is 9.93 Å². The Labute approximate surface area is 132 Å². The summed E-state index contributed by atoms with van der Waals surface area (Å²) in [5.74, 6) is 2.09. The van der Waals surface area contributed by atoms with E-state index >= 15 is 0 Å². The molecule has 0 spiro atoms. The molecule has 21 heavy (non-hydrogen) atoms. The average molecular weight is 330 g/mol. The molecule has 0 saturated carbocycles. The molecule has 2 heterocycles. The Kier molecular flexibility index (Phi) is 4.98. The first-order valence-electron chi connectivity index (χ1n) is 7.00. The second-order valence-electron chi connectivity index (χ2n) is 6.29. The van der Waals surface area contributed by atoms with Crippen molar-refractivity contribution in [3.8, 4) is 0 Å². The van der Waals surface area contributed by atoms with Gasteiger partial charge in [-0.3, -0.25) is 9.53 Å². The monoisotopic (exact) mass is 330 g/mol. The molecule has 0 aromatic carbocycles. The molecule has 2 amide bonds. The minimum absolute atomic E-state index is 0.126. The van der Waals surface area contributed by atoms with Crippen LogP contribution in [0.5, 0.6) is 0 Å². The molecule has 1 aliphatic heterocycles. The first-order chi connectivity index (χ1) is 9.77. The Bertz CT molecular complexity index is 529. The van der Waals surface area contributed by atoms with Gasteiger partial charge in [-0.25, -0.2) is 9.78 Å². The molecular formula is C13H22N4O2S2. The normalized spacial score (nSPS) is 22.9. The van der Waals surface area contributed by atoms with E-state index < -0.39 is 10.8 Å². The third-order valence-electron chi connectivity index (χ3n) is 3.54. The SMILES string of the molecule is CN(C(=O)Nc1nc(C(C)(C)C)ns1)C1CCS(=O)CC1. The highest BCUT2D eigenvalue weighted by Gasteiger charge is 2.26. The molecule has 118 valence electrons. The summed E-state index contributed by atoms with van der Waals surface area (Å²) in [6.45, 7) is 6.11. The van der Waals surface area contributed by atoms with Crippen molar-refractivity contribution < 1.29 is 9.00 Å². The van der Waals surface area contributed by atoms with Crippen LogP contribution < -0.4 is 5.32 Å². The molecule has 1 N–H and O–H groups in total. The van der Waals surface area contributed by atoms with Gasteiger partial charge in [0.05, 0.1) is 0 Å². The van der Waals surface area contributed by atoms with E-state index in [0.29, 0.717) is 16.6 Å². The van der Waals surface area contributed by atoms with Crippen LogP contribution in [-0.4, -0.2) is 49.1 Å². The van der Waals surface area contributed by atoms with Crippen molar-refractivity contribution in [2.45, 2.75) is 45.1 Å². The third kappa shape index (κ3) is 4.23. The van der Waals surface area contributed by atoms with Crippen molar-refractivity contribution in [3.63, 3.8) is 0 Å². The fourth-order valence-corrected chi connectivity index (χ4v) is 4.11. The topological polar surface area (TPSA) is 75.2 Å². The molecule has 8 heteroatoms. The van der Waals surface area contributed by atoms with Crippen molar-refractivity contribution >= 4 is 33.5 Å². The number of hydrogen-bond donors (Lipinski definition) is 1. The van der Waals surface area contributed by atoms with E-state index in [4.69, 9.17) is 0 Å². The largest absolute Gasteiger partial charge is 0.324 e.